The lowest BCUT2D eigenvalue weighted by atomic mass is 10.2. The minimum Gasteiger partial charge on any atom is -0.255 e. The van der Waals surface area contributed by atoms with E-state index in [1.165, 1.54) is 0 Å². The van der Waals surface area contributed by atoms with Crippen molar-refractivity contribution in [3.63, 3.8) is 0 Å². The minimum atomic E-state index is -3.53. The van der Waals surface area contributed by atoms with Gasteiger partial charge in [-0.15, -0.1) is 9.35 Å². The first-order valence-corrected chi connectivity index (χ1v) is 7.57. The number of nitriles is 1. The van der Waals surface area contributed by atoms with Crippen LogP contribution in [0.25, 0.3) is 0 Å². The van der Waals surface area contributed by atoms with E-state index < -0.39 is 7.60 Å². The van der Waals surface area contributed by atoms with Gasteiger partial charge in [0.25, 0.3) is 0 Å². The maximum atomic E-state index is 12.3. The second-order valence-electron chi connectivity index (χ2n) is 3.54. The van der Waals surface area contributed by atoms with Crippen LogP contribution in [0.15, 0.2) is 24.3 Å². The monoisotopic (exact) mass is 285 g/mol. The van der Waals surface area contributed by atoms with Crippen LogP contribution < -0.4 is 0 Å². The number of hydrogen-bond donors (Lipinski definition) is 0. The quantitative estimate of drug-likeness (QED) is 0.414. The van der Waals surface area contributed by atoms with Crippen molar-refractivity contribution in [3.05, 3.63) is 35.4 Å². The first-order chi connectivity index (χ1) is 9.13. The van der Waals surface area contributed by atoms with Crippen LogP contribution in [0, 0.1) is 11.3 Å². The van der Waals surface area contributed by atoms with E-state index in [2.05, 4.69) is 0 Å². The average molecular weight is 285 g/mol. The van der Waals surface area contributed by atoms with Crippen molar-refractivity contribution in [2.75, 3.05) is 13.2 Å². The van der Waals surface area contributed by atoms with Gasteiger partial charge in [-0.2, -0.15) is 5.26 Å². The third-order valence-electron chi connectivity index (χ3n) is 2.03. The lowest BCUT2D eigenvalue weighted by molar-refractivity contribution is -0.263. The molecule has 0 aliphatic heterocycles. The molecule has 0 spiro atoms. The molecule has 6 nitrogen and oxygen atoms in total. The Balaban J connectivity index is 2.75. The molecule has 0 N–H and O–H groups in total. The molecule has 0 amide bonds. The molecule has 0 aromatic heterocycles. The van der Waals surface area contributed by atoms with Gasteiger partial charge in [0.1, 0.15) is 0 Å². The molecule has 1 aromatic carbocycles. The fraction of sp³-hybridized carbons (Fsp3) is 0.417. The van der Waals surface area contributed by atoms with Crippen LogP contribution in [-0.4, -0.2) is 13.2 Å². The van der Waals surface area contributed by atoms with Crippen LogP contribution >= 0.6 is 7.60 Å². The lowest BCUT2D eigenvalue weighted by Crippen LogP contribution is -2.01. The second kappa shape index (κ2) is 8.05. The molecule has 0 aliphatic carbocycles. The van der Waals surface area contributed by atoms with Crippen molar-refractivity contribution in [3.8, 4) is 6.07 Å². The van der Waals surface area contributed by atoms with Crippen molar-refractivity contribution in [2.45, 2.75) is 20.0 Å². The highest BCUT2D eigenvalue weighted by Crippen LogP contribution is 2.51. The van der Waals surface area contributed by atoms with Gasteiger partial charge in [-0.1, -0.05) is 12.1 Å². The lowest BCUT2D eigenvalue weighted by Gasteiger charge is -2.15. The average Bonchev–Trinajstić information content (AvgIpc) is 2.44. The molecule has 104 valence electrons. The van der Waals surface area contributed by atoms with Crippen LogP contribution in [-0.2, 0) is 29.9 Å². The molecule has 1 rings (SSSR count). The van der Waals surface area contributed by atoms with E-state index in [1.54, 1.807) is 38.1 Å². The van der Waals surface area contributed by atoms with E-state index in [9.17, 15) is 4.57 Å². The van der Waals surface area contributed by atoms with Crippen molar-refractivity contribution in [2.24, 2.45) is 0 Å². The Labute approximate surface area is 112 Å². The Morgan fingerprint density at radius 3 is 2.05 bits per heavy atom. The van der Waals surface area contributed by atoms with Gasteiger partial charge in [0.05, 0.1) is 31.0 Å². The third-order valence-corrected chi connectivity index (χ3v) is 3.45. The Bertz CT molecular complexity index is 456. The largest absolute Gasteiger partial charge is 0.388 e. The molecule has 1 aromatic rings. The first kappa shape index (κ1) is 15.8. The maximum absolute atomic E-state index is 12.3. The van der Waals surface area contributed by atoms with E-state index in [0.717, 1.165) is 0 Å². The van der Waals surface area contributed by atoms with Gasteiger partial charge in [0.2, 0.25) is 0 Å². The second-order valence-corrected chi connectivity index (χ2v) is 5.38. The molecule has 0 bridgehead atoms. The van der Waals surface area contributed by atoms with Gasteiger partial charge in [-0.25, -0.2) is 9.78 Å². The minimum absolute atomic E-state index is 0.00128. The molecule has 0 radical (unpaired) electrons. The van der Waals surface area contributed by atoms with Gasteiger partial charge in [-0.05, 0) is 31.5 Å². The smallest absolute Gasteiger partial charge is 0.255 e. The molecule has 0 aliphatic rings. The highest BCUT2D eigenvalue weighted by atomic mass is 31.2. The standard InChI is InChI=1S/C12H16NO5P/c1-3-15-17-19(14,18-16-4-2)10-12-7-5-11(9-13)6-8-12/h5-8H,3-4,10H2,1-2H3. The predicted molar refractivity (Wildman–Crippen MR) is 67.9 cm³/mol. The number of benzene rings is 1. The van der Waals surface area contributed by atoms with Gasteiger partial charge >= 0.3 is 7.60 Å². The molecular weight excluding hydrogens is 269 g/mol. The molecule has 0 unspecified atom stereocenters. The number of hydrogen-bond acceptors (Lipinski definition) is 6. The summed E-state index contributed by atoms with van der Waals surface area (Å²) >= 11 is 0. The molecule has 0 fully saturated rings. The summed E-state index contributed by atoms with van der Waals surface area (Å²) in [5, 5.41) is 8.70. The van der Waals surface area contributed by atoms with Gasteiger partial charge in [-0.3, -0.25) is 4.57 Å². The topological polar surface area (TPSA) is 77.8 Å². The zero-order valence-electron chi connectivity index (χ0n) is 10.9. The third kappa shape index (κ3) is 5.52. The van der Waals surface area contributed by atoms with Crippen molar-refractivity contribution < 1.29 is 23.7 Å². The molecular formula is C12H16NO5P. The van der Waals surface area contributed by atoms with Gasteiger partial charge in [0, 0.05) is 0 Å². The fourth-order valence-corrected chi connectivity index (χ4v) is 2.56. The summed E-state index contributed by atoms with van der Waals surface area (Å²) in [6.45, 7) is 3.89. The van der Waals surface area contributed by atoms with Crippen LogP contribution in [0.4, 0.5) is 0 Å². The summed E-state index contributed by atoms with van der Waals surface area (Å²) in [6.07, 6.45) is -0.00128. The molecule has 0 atom stereocenters. The van der Waals surface area contributed by atoms with Crippen molar-refractivity contribution >= 4 is 7.60 Å². The van der Waals surface area contributed by atoms with Crippen LogP contribution in [0.2, 0.25) is 0 Å². The summed E-state index contributed by atoms with van der Waals surface area (Å²) in [5.41, 5.74) is 1.22. The Morgan fingerprint density at radius 2 is 1.63 bits per heavy atom. The van der Waals surface area contributed by atoms with Gasteiger partial charge in [0.15, 0.2) is 0 Å². The summed E-state index contributed by atoms with van der Waals surface area (Å²) in [6, 6.07) is 8.61. The van der Waals surface area contributed by atoms with Crippen LogP contribution in [0.3, 0.4) is 0 Å². The van der Waals surface area contributed by atoms with Crippen molar-refractivity contribution in [1.82, 2.24) is 0 Å². The highest BCUT2D eigenvalue weighted by Gasteiger charge is 2.28. The Kier molecular flexibility index (Phi) is 6.71. The molecule has 0 saturated heterocycles. The molecule has 0 heterocycles. The molecule has 19 heavy (non-hydrogen) atoms. The highest BCUT2D eigenvalue weighted by molar-refractivity contribution is 7.52. The first-order valence-electron chi connectivity index (χ1n) is 5.84. The summed E-state index contributed by atoms with van der Waals surface area (Å²) < 4.78 is 21.9. The number of rotatable bonds is 8. The van der Waals surface area contributed by atoms with Crippen LogP contribution in [0.5, 0.6) is 0 Å². The number of nitrogens with zero attached hydrogens (tertiary/aromatic N) is 1. The predicted octanol–water partition coefficient (Wildman–Crippen LogP) is 3.19. The van der Waals surface area contributed by atoms with E-state index >= 15 is 0 Å². The maximum Gasteiger partial charge on any atom is 0.388 e. The summed E-state index contributed by atoms with van der Waals surface area (Å²) in [7, 11) is -3.53. The van der Waals surface area contributed by atoms with Crippen LogP contribution in [0.1, 0.15) is 25.0 Å². The van der Waals surface area contributed by atoms with E-state index in [1.807, 2.05) is 6.07 Å². The van der Waals surface area contributed by atoms with E-state index in [-0.39, 0.29) is 19.4 Å². The zero-order valence-corrected chi connectivity index (χ0v) is 11.8. The van der Waals surface area contributed by atoms with Gasteiger partial charge < -0.3 is 0 Å². The Hall–Kier alpha value is -1.22. The van der Waals surface area contributed by atoms with E-state index in [4.69, 9.17) is 24.4 Å². The summed E-state index contributed by atoms with van der Waals surface area (Å²) in [5.74, 6) is 0. The van der Waals surface area contributed by atoms with E-state index in [0.29, 0.717) is 11.1 Å². The zero-order chi connectivity index (χ0) is 14.1. The fourth-order valence-electron chi connectivity index (χ4n) is 1.24. The molecule has 7 heteroatoms. The Morgan fingerprint density at radius 1 is 1.11 bits per heavy atom. The molecule has 0 saturated carbocycles. The SMILES string of the molecule is CCOOP(=O)(Cc1ccc(C#N)cc1)OOCC. The summed E-state index contributed by atoms with van der Waals surface area (Å²) in [4.78, 5) is 9.38. The van der Waals surface area contributed by atoms with Crippen molar-refractivity contribution in [1.29, 1.82) is 5.26 Å². The normalized spacial score (nSPS) is 11.2.